The average Bonchev–Trinajstić information content (AvgIpc) is 3.31. The molecule has 8 rings (SSSR count). The van der Waals surface area contributed by atoms with Crippen molar-refractivity contribution in [3.05, 3.63) is 141 Å². The van der Waals surface area contributed by atoms with Crippen molar-refractivity contribution < 1.29 is 0 Å². The first-order chi connectivity index (χ1) is 23.6. The number of hydrogen-bond acceptors (Lipinski definition) is 2. The molecule has 3 nitrogen and oxygen atoms in total. The Morgan fingerprint density at radius 3 is 2.56 bits per heavy atom. The smallest absolute Gasteiger partial charge is 0.145 e. The van der Waals surface area contributed by atoms with Crippen LogP contribution in [0, 0.1) is 13.8 Å². The number of imidazole rings is 1. The van der Waals surface area contributed by atoms with Gasteiger partial charge in [-0.1, -0.05) is 109 Å². The lowest BCUT2D eigenvalue weighted by Gasteiger charge is -2.17. The lowest BCUT2D eigenvalue weighted by Crippen LogP contribution is -2.28. The van der Waals surface area contributed by atoms with Crippen LogP contribution in [0.1, 0.15) is 59.1 Å². The Balaban J connectivity index is 1.26. The van der Waals surface area contributed by atoms with Crippen molar-refractivity contribution in [2.45, 2.75) is 46.5 Å². The SMILES string of the molecule is C=Nc1c(C)c(/C=C\Cc2ccc3c(-c4cccc5c4=CCCC=5)c4ccccc4c(C)c3c2)c2nc3c(n2c1/C=C\C)C=CC=CC3. The van der Waals surface area contributed by atoms with Crippen LogP contribution in [0.15, 0.2) is 96.0 Å². The number of pyridine rings is 1. The molecule has 0 saturated heterocycles. The fourth-order valence-electron chi connectivity index (χ4n) is 7.77. The molecule has 48 heavy (non-hydrogen) atoms. The van der Waals surface area contributed by atoms with Gasteiger partial charge in [0.2, 0.25) is 0 Å². The molecule has 0 spiro atoms. The number of allylic oxidation sites excluding steroid dienone is 5. The number of aromatic nitrogens is 2. The van der Waals surface area contributed by atoms with E-state index in [0.29, 0.717) is 0 Å². The zero-order valence-electron chi connectivity index (χ0n) is 27.9. The van der Waals surface area contributed by atoms with Crippen LogP contribution in [0.3, 0.4) is 0 Å². The lowest BCUT2D eigenvalue weighted by atomic mass is 9.86. The van der Waals surface area contributed by atoms with Gasteiger partial charge in [-0.2, -0.15) is 0 Å². The minimum atomic E-state index is 0.799. The third-order valence-corrected chi connectivity index (χ3v) is 10.1. The quantitative estimate of drug-likeness (QED) is 0.134. The molecule has 2 aromatic heterocycles. The van der Waals surface area contributed by atoms with Gasteiger partial charge in [-0.05, 0) is 119 Å². The molecule has 3 heteroatoms. The van der Waals surface area contributed by atoms with Gasteiger partial charge in [0.25, 0.3) is 0 Å². The Bertz CT molecular complexity index is 2550. The third kappa shape index (κ3) is 4.81. The second-order valence-electron chi connectivity index (χ2n) is 12.9. The maximum absolute atomic E-state index is 5.18. The highest BCUT2D eigenvalue weighted by Crippen LogP contribution is 2.39. The first-order valence-corrected chi connectivity index (χ1v) is 17.0. The van der Waals surface area contributed by atoms with Crippen LogP contribution in [-0.4, -0.2) is 16.1 Å². The van der Waals surface area contributed by atoms with Crippen LogP contribution in [0.2, 0.25) is 0 Å². The molecule has 0 aliphatic heterocycles. The summed E-state index contributed by atoms with van der Waals surface area (Å²) >= 11 is 0. The minimum absolute atomic E-state index is 0.799. The highest BCUT2D eigenvalue weighted by atomic mass is 15.0. The summed E-state index contributed by atoms with van der Waals surface area (Å²) in [7, 11) is 0. The van der Waals surface area contributed by atoms with E-state index in [0.717, 1.165) is 65.2 Å². The fourth-order valence-corrected chi connectivity index (χ4v) is 7.77. The normalized spacial score (nSPS) is 14.1. The third-order valence-electron chi connectivity index (χ3n) is 10.1. The summed E-state index contributed by atoms with van der Waals surface area (Å²) in [4.78, 5) is 9.70. The molecule has 0 N–H and O–H groups in total. The number of rotatable bonds is 6. The standard InChI is InChI=1S/C45H39N3/c1-5-15-42-44(46-4)30(3)34(45-47-40-24-7-6-8-25-41(40)48(42)45)22-13-16-31-26-27-38-39(28-31)29(2)33-19-11-12-21-36(33)43(38)37-23-14-18-32-17-9-10-20-35(32)37/h5-8,11-15,17-23,25-28H,4,9-10,16,24H2,1-3H3/b15-5-,22-13-. The number of aryl methyl sites for hydroxylation is 1. The van der Waals surface area contributed by atoms with E-state index < -0.39 is 0 Å². The summed E-state index contributed by atoms with van der Waals surface area (Å²) < 4.78 is 2.25. The number of benzene rings is 4. The molecule has 0 radical (unpaired) electrons. The van der Waals surface area contributed by atoms with Gasteiger partial charge in [0.1, 0.15) is 5.65 Å². The molecule has 234 valence electrons. The van der Waals surface area contributed by atoms with Crippen molar-refractivity contribution in [2.24, 2.45) is 4.99 Å². The molecule has 0 unspecified atom stereocenters. The molecule has 0 atom stereocenters. The number of nitrogens with zero attached hydrogens (tertiary/aromatic N) is 3. The predicted molar refractivity (Wildman–Crippen MR) is 208 cm³/mol. The van der Waals surface area contributed by atoms with Crippen LogP contribution in [-0.2, 0) is 12.8 Å². The van der Waals surface area contributed by atoms with E-state index in [4.69, 9.17) is 4.98 Å². The van der Waals surface area contributed by atoms with Gasteiger partial charge in [0, 0.05) is 12.0 Å². The van der Waals surface area contributed by atoms with Gasteiger partial charge in [-0.15, -0.1) is 0 Å². The molecule has 0 bridgehead atoms. The summed E-state index contributed by atoms with van der Waals surface area (Å²) in [5, 5.41) is 7.97. The summed E-state index contributed by atoms with van der Waals surface area (Å²) in [6, 6.07) is 22.7. The lowest BCUT2D eigenvalue weighted by molar-refractivity contribution is 1.11. The van der Waals surface area contributed by atoms with E-state index in [1.54, 1.807) is 0 Å². The monoisotopic (exact) mass is 621 g/mol. The van der Waals surface area contributed by atoms with Crippen molar-refractivity contribution >= 4 is 70.0 Å². The predicted octanol–water partition coefficient (Wildman–Crippen LogP) is 10.0. The van der Waals surface area contributed by atoms with Crippen LogP contribution >= 0.6 is 0 Å². The van der Waals surface area contributed by atoms with Crippen molar-refractivity contribution in [3.63, 3.8) is 0 Å². The molecule has 2 aliphatic rings. The Morgan fingerprint density at radius 1 is 0.875 bits per heavy atom. The van der Waals surface area contributed by atoms with Crippen molar-refractivity contribution in [2.75, 3.05) is 0 Å². The van der Waals surface area contributed by atoms with E-state index in [1.807, 2.05) is 6.92 Å². The zero-order chi connectivity index (χ0) is 32.8. The van der Waals surface area contributed by atoms with E-state index in [2.05, 4.69) is 151 Å². The fraction of sp³-hybridized carbons (Fsp3) is 0.156. The summed E-state index contributed by atoms with van der Waals surface area (Å²) in [6.45, 7) is 10.4. The Hall–Kier alpha value is -5.54. The Kier molecular flexibility index (Phi) is 7.61. The minimum Gasteiger partial charge on any atom is -0.290 e. The van der Waals surface area contributed by atoms with Gasteiger partial charge >= 0.3 is 0 Å². The number of hydrogen-bond donors (Lipinski definition) is 0. The van der Waals surface area contributed by atoms with E-state index in [9.17, 15) is 0 Å². The van der Waals surface area contributed by atoms with Crippen LogP contribution in [0.25, 0.3) is 68.7 Å². The van der Waals surface area contributed by atoms with Crippen LogP contribution in [0.4, 0.5) is 5.69 Å². The van der Waals surface area contributed by atoms with Crippen molar-refractivity contribution in [3.8, 4) is 11.1 Å². The van der Waals surface area contributed by atoms with Crippen molar-refractivity contribution in [1.29, 1.82) is 0 Å². The summed E-state index contributed by atoms with van der Waals surface area (Å²) in [6.07, 6.45) is 25.8. The number of aliphatic imine (C=N–C) groups is 1. The molecule has 0 saturated carbocycles. The van der Waals surface area contributed by atoms with Gasteiger partial charge < -0.3 is 0 Å². The van der Waals surface area contributed by atoms with Gasteiger partial charge in [0.15, 0.2) is 0 Å². The Labute approximate surface area is 282 Å². The molecule has 2 heterocycles. The van der Waals surface area contributed by atoms with Crippen LogP contribution in [0.5, 0.6) is 0 Å². The summed E-state index contributed by atoms with van der Waals surface area (Å²) in [5.74, 6) is 0. The van der Waals surface area contributed by atoms with Gasteiger partial charge in [-0.3, -0.25) is 9.39 Å². The number of fused-ring (bicyclic) bond motifs is 6. The maximum Gasteiger partial charge on any atom is 0.145 e. The second-order valence-corrected chi connectivity index (χ2v) is 12.9. The second kappa shape index (κ2) is 12.2. The summed E-state index contributed by atoms with van der Waals surface area (Å²) in [5.41, 5.74) is 12.5. The zero-order valence-corrected chi connectivity index (χ0v) is 27.9. The molecular weight excluding hydrogens is 583 g/mol. The molecule has 2 aliphatic carbocycles. The first kappa shape index (κ1) is 29.8. The molecule has 6 aromatic rings. The van der Waals surface area contributed by atoms with Crippen molar-refractivity contribution in [1.82, 2.24) is 9.38 Å². The van der Waals surface area contributed by atoms with E-state index in [-0.39, 0.29) is 0 Å². The average molecular weight is 622 g/mol. The first-order valence-electron chi connectivity index (χ1n) is 17.0. The molecule has 0 amide bonds. The van der Waals surface area contributed by atoms with Crippen LogP contribution < -0.4 is 10.4 Å². The molecule has 0 fully saturated rings. The Morgan fingerprint density at radius 2 is 1.71 bits per heavy atom. The molecule has 4 aromatic carbocycles. The van der Waals surface area contributed by atoms with E-state index in [1.165, 1.54) is 54.2 Å². The van der Waals surface area contributed by atoms with Gasteiger partial charge in [0.05, 0.1) is 22.8 Å². The highest BCUT2D eigenvalue weighted by Gasteiger charge is 2.21. The largest absolute Gasteiger partial charge is 0.290 e. The highest BCUT2D eigenvalue weighted by molar-refractivity contribution is 6.15. The van der Waals surface area contributed by atoms with E-state index >= 15 is 0 Å². The topological polar surface area (TPSA) is 29.7 Å². The van der Waals surface area contributed by atoms with Gasteiger partial charge in [-0.25, -0.2) is 4.98 Å². The maximum atomic E-state index is 5.18. The molecular formula is C45H39N3.